The summed E-state index contributed by atoms with van der Waals surface area (Å²) in [4.78, 5) is 0. The lowest BCUT2D eigenvalue weighted by atomic mass is 10.00. The maximum absolute atomic E-state index is 11.4. The molecule has 1 aliphatic rings. The molecule has 0 saturated heterocycles. The van der Waals surface area contributed by atoms with Gasteiger partial charge in [0.1, 0.15) is 6.61 Å². The van der Waals surface area contributed by atoms with Crippen LogP contribution in [0.15, 0.2) is 23.5 Å². The Bertz CT molecular complexity index is 243. The minimum absolute atomic E-state index is 0.488. The molecule has 0 heterocycles. The largest absolute Gasteiger partial charge is 0.548 e. The molecule has 1 aliphatic carbocycles. The molecule has 0 fully saturated rings. The van der Waals surface area contributed by atoms with Gasteiger partial charge in [-0.1, -0.05) is 6.08 Å². The summed E-state index contributed by atoms with van der Waals surface area (Å²) in [5.41, 5.74) is 1.14. The fraction of sp³-hybridized carbons (Fsp3) is 0.600. The highest BCUT2D eigenvalue weighted by Gasteiger charge is 2.26. The lowest BCUT2D eigenvalue weighted by Gasteiger charge is -2.07. The predicted octanol–water partition coefficient (Wildman–Crippen LogP) is 3.78. The van der Waals surface area contributed by atoms with Crippen molar-refractivity contribution in [3.8, 4) is 0 Å². The second kappa shape index (κ2) is 5.31. The quantitative estimate of drug-likeness (QED) is 0.644. The molecule has 1 rings (SSSR count). The summed E-state index contributed by atoms with van der Waals surface area (Å²) in [5.74, 6) is 0. The Morgan fingerprint density at radius 2 is 2.46 bits per heavy atom. The van der Waals surface area contributed by atoms with Crippen LogP contribution in [0.3, 0.4) is 0 Å². The van der Waals surface area contributed by atoms with E-state index in [1.165, 1.54) is 12.8 Å². The smallest absolute Gasteiger partial charge is 0.142 e. The van der Waals surface area contributed by atoms with Crippen molar-refractivity contribution in [2.45, 2.75) is 32.6 Å². The zero-order valence-corrected chi connectivity index (χ0v) is 8.98. The van der Waals surface area contributed by atoms with Gasteiger partial charge in [-0.2, -0.15) is 0 Å². The molecule has 0 radical (unpaired) electrons. The summed E-state index contributed by atoms with van der Waals surface area (Å²) in [5, 5.41) is 0.691. The Morgan fingerprint density at radius 1 is 1.69 bits per heavy atom. The van der Waals surface area contributed by atoms with Crippen molar-refractivity contribution in [3.05, 3.63) is 23.5 Å². The number of hydrogen-bond donors (Lipinski definition) is 0. The van der Waals surface area contributed by atoms with Crippen molar-refractivity contribution >= 4 is 8.03 Å². The summed E-state index contributed by atoms with van der Waals surface area (Å²) in [6, 6.07) is 0. The second-order valence-corrected chi connectivity index (χ2v) is 4.41. The van der Waals surface area contributed by atoms with Crippen LogP contribution in [0.2, 0.25) is 0 Å². The van der Waals surface area contributed by atoms with Gasteiger partial charge in [-0.25, -0.2) is 0 Å². The summed E-state index contributed by atoms with van der Waals surface area (Å²) in [6.45, 7) is 6.15. The molecule has 0 aliphatic heterocycles. The minimum atomic E-state index is -1.68. The maximum Gasteiger partial charge on any atom is 0.548 e. The van der Waals surface area contributed by atoms with E-state index < -0.39 is 8.03 Å². The van der Waals surface area contributed by atoms with Crippen molar-refractivity contribution < 1.29 is 9.09 Å². The van der Waals surface area contributed by atoms with Crippen molar-refractivity contribution in [1.29, 1.82) is 0 Å². The molecule has 13 heavy (non-hydrogen) atoms. The SMILES string of the molecule is C=C(C1=CCCCC1)[P+](=O)OCC. The number of rotatable bonds is 4. The third-order valence-corrected chi connectivity index (χ3v) is 3.35. The molecule has 1 unspecified atom stereocenters. The van der Waals surface area contributed by atoms with Crippen molar-refractivity contribution in [2.75, 3.05) is 6.61 Å². The standard InChI is InChI=1S/C10H16O2P/c1-3-12-13(11)9(2)10-7-5-4-6-8-10/h7H,2-6,8H2,1H3/q+1. The van der Waals surface area contributed by atoms with Crippen molar-refractivity contribution in [3.63, 3.8) is 0 Å². The van der Waals surface area contributed by atoms with E-state index in [0.717, 1.165) is 18.4 Å². The molecule has 0 aromatic rings. The van der Waals surface area contributed by atoms with Gasteiger partial charge < -0.3 is 0 Å². The molecule has 0 spiro atoms. The first kappa shape index (κ1) is 10.6. The Morgan fingerprint density at radius 3 is 3.00 bits per heavy atom. The topological polar surface area (TPSA) is 26.3 Å². The van der Waals surface area contributed by atoms with Gasteiger partial charge in [-0.3, -0.25) is 0 Å². The van der Waals surface area contributed by atoms with E-state index in [4.69, 9.17) is 4.52 Å². The Labute approximate surface area is 80.5 Å². The molecule has 2 nitrogen and oxygen atoms in total. The van der Waals surface area contributed by atoms with Gasteiger partial charge in [0.15, 0.2) is 0 Å². The molecule has 1 atom stereocenters. The van der Waals surface area contributed by atoms with Crippen molar-refractivity contribution in [2.24, 2.45) is 0 Å². The third kappa shape index (κ3) is 3.06. The van der Waals surface area contributed by atoms with Gasteiger partial charge in [-0.15, -0.1) is 4.52 Å². The first-order valence-electron chi connectivity index (χ1n) is 4.74. The Balaban J connectivity index is 2.55. The van der Waals surface area contributed by atoms with E-state index in [1.807, 2.05) is 6.92 Å². The number of allylic oxidation sites excluding steroid dienone is 3. The zero-order valence-electron chi connectivity index (χ0n) is 8.08. The highest BCUT2D eigenvalue weighted by atomic mass is 31.1. The van der Waals surface area contributed by atoms with Crippen LogP contribution in [0, 0.1) is 0 Å². The highest BCUT2D eigenvalue weighted by molar-refractivity contribution is 7.44. The van der Waals surface area contributed by atoms with Crippen LogP contribution >= 0.6 is 8.03 Å². The molecule has 0 aromatic heterocycles. The van der Waals surface area contributed by atoms with Crippen LogP contribution < -0.4 is 0 Å². The van der Waals surface area contributed by atoms with Crippen molar-refractivity contribution in [1.82, 2.24) is 0 Å². The molecule has 3 heteroatoms. The highest BCUT2D eigenvalue weighted by Crippen LogP contribution is 2.40. The fourth-order valence-corrected chi connectivity index (χ4v) is 2.24. The lowest BCUT2D eigenvalue weighted by molar-refractivity contribution is 0.355. The average molecular weight is 199 g/mol. The van der Waals surface area contributed by atoms with E-state index in [1.54, 1.807) is 0 Å². The monoisotopic (exact) mass is 199 g/mol. The van der Waals surface area contributed by atoms with E-state index in [0.29, 0.717) is 11.9 Å². The van der Waals surface area contributed by atoms with Crippen LogP contribution in [-0.2, 0) is 9.09 Å². The second-order valence-electron chi connectivity index (χ2n) is 3.10. The van der Waals surface area contributed by atoms with Gasteiger partial charge in [-0.05, 0) is 43.8 Å². The van der Waals surface area contributed by atoms with Gasteiger partial charge in [0.25, 0.3) is 0 Å². The number of hydrogen-bond acceptors (Lipinski definition) is 2. The lowest BCUT2D eigenvalue weighted by Crippen LogP contribution is -1.93. The summed E-state index contributed by atoms with van der Waals surface area (Å²) in [6.07, 6.45) is 6.65. The molecule has 0 aromatic carbocycles. The predicted molar refractivity (Wildman–Crippen MR) is 54.9 cm³/mol. The van der Waals surface area contributed by atoms with Gasteiger partial charge >= 0.3 is 8.03 Å². The minimum Gasteiger partial charge on any atom is -0.142 e. The summed E-state index contributed by atoms with van der Waals surface area (Å²) in [7, 11) is -1.68. The Kier molecular flexibility index (Phi) is 4.34. The van der Waals surface area contributed by atoms with E-state index in [2.05, 4.69) is 12.7 Å². The van der Waals surface area contributed by atoms with Gasteiger partial charge in [0.05, 0.1) is 0 Å². The van der Waals surface area contributed by atoms with Crippen LogP contribution in [-0.4, -0.2) is 6.61 Å². The molecule has 0 saturated carbocycles. The molecule has 0 amide bonds. The molecule has 72 valence electrons. The first-order valence-corrected chi connectivity index (χ1v) is 5.92. The molecular weight excluding hydrogens is 183 g/mol. The zero-order chi connectivity index (χ0) is 9.68. The van der Waals surface area contributed by atoms with Gasteiger partial charge in [0.2, 0.25) is 5.31 Å². The Hall–Kier alpha value is -0.460. The van der Waals surface area contributed by atoms with Gasteiger partial charge in [0, 0.05) is 5.57 Å². The van der Waals surface area contributed by atoms with Crippen LogP contribution in [0.4, 0.5) is 0 Å². The summed E-state index contributed by atoms with van der Waals surface area (Å²) >= 11 is 0. The molecular formula is C10H16O2P+. The first-order chi connectivity index (χ1) is 6.25. The van der Waals surface area contributed by atoms with E-state index in [9.17, 15) is 4.57 Å². The molecule has 0 N–H and O–H groups in total. The van der Waals surface area contributed by atoms with E-state index in [-0.39, 0.29) is 0 Å². The van der Waals surface area contributed by atoms with Crippen LogP contribution in [0.5, 0.6) is 0 Å². The normalized spacial score (nSPS) is 17.9. The third-order valence-electron chi connectivity index (χ3n) is 2.13. The van der Waals surface area contributed by atoms with Crippen LogP contribution in [0.25, 0.3) is 0 Å². The van der Waals surface area contributed by atoms with Crippen LogP contribution in [0.1, 0.15) is 32.6 Å². The average Bonchev–Trinajstić information content (AvgIpc) is 2.18. The molecule has 0 bridgehead atoms. The summed E-state index contributed by atoms with van der Waals surface area (Å²) < 4.78 is 16.5. The van der Waals surface area contributed by atoms with E-state index >= 15 is 0 Å². The fourth-order valence-electron chi connectivity index (χ4n) is 1.41. The maximum atomic E-state index is 11.4.